The Hall–Kier alpha value is -4.06. The van der Waals surface area contributed by atoms with Crippen LogP contribution in [-0.4, -0.2) is 64.1 Å². The molecule has 2 aromatic heterocycles. The second-order valence-corrected chi connectivity index (χ2v) is 6.99. The summed E-state index contributed by atoms with van der Waals surface area (Å²) in [5.74, 6) is 0.151. The Bertz CT molecular complexity index is 1160. The van der Waals surface area contributed by atoms with Crippen molar-refractivity contribution >= 4 is 29.0 Å². The van der Waals surface area contributed by atoms with Gasteiger partial charge in [0.2, 0.25) is 5.95 Å². The summed E-state index contributed by atoms with van der Waals surface area (Å²) in [6, 6.07) is 6.52. The lowest BCUT2D eigenvalue weighted by Gasteiger charge is -2.28. The predicted octanol–water partition coefficient (Wildman–Crippen LogP) is 2.25. The fourth-order valence-electron chi connectivity index (χ4n) is 3.37. The Labute approximate surface area is 182 Å². The Balaban J connectivity index is 1.59. The van der Waals surface area contributed by atoms with E-state index in [1.54, 1.807) is 25.1 Å². The van der Waals surface area contributed by atoms with Crippen LogP contribution in [0.3, 0.4) is 0 Å². The van der Waals surface area contributed by atoms with E-state index in [9.17, 15) is 14.9 Å². The maximum atomic E-state index is 11.8. The van der Waals surface area contributed by atoms with E-state index in [0.29, 0.717) is 54.8 Å². The largest absolute Gasteiger partial charge is 0.465 e. The molecule has 3 aromatic rings. The van der Waals surface area contributed by atoms with Gasteiger partial charge in [-0.05, 0) is 19.1 Å². The van der Waals surface area contributed by atoms with E-state index in [1.165, 1.54) is 30.3 Å². The quantitative estimate of drug-likeness (QED) is 0.346. The zero-order valence-electron chi connectivity index (χ0n) is 17.5. The summed E-state index contributed by atoms with van der Waals surface area (Å²) in [7, 11) is 1.30. The summed E-state index contributed by atoms with van der Waals surface area (Å²) in [6.45, 7) is 3.94. The highest BCUT2D eigenvalue weighted by atomic mass is 16.6. The van der Waals surface area contributed by atoms with E-state index >= 15 is 0 Å². The van der Waals surface area contributed by atoms with E-state index in [-0.39, 0.29) is 11.6 Å². The van der Waals surface area contributed by atoms with E-state index in [4.69, 9.17) is 9.47 Å². The number of esters is 1. The van der Waals surface area contributed by atoms with Crippen molar-refractivity contribution in [2.24, 2.45) is 0 Å². The fraction of sp³-hybridized carbons (Fsp3) is 0.300. The van der Waals surface area contributed by atoms with E-state index in [2.05, 4.69) is 20.4 Å². The van der Waals surface area contributed by atoms with Crippen molar-refractivity contribution in [1.82, 2.24) is 19.7 Å². The van der Waals surface area contributed by atoms with Crippen molar-refractivity contribution in [2.75, 3.05) is 43.6 Å². The summed E-state index contributed by atoms with van der Waals surface area (Å²) in [6.07, 6.45) is 3.05. The number of aryl methyl sites for hydroxylation is 1. The van der Waals surface area contributed by atoms with Gasteiger partial charge in [0.15, 0.2) is 5.82 Å². The summed E-state index contributed by atoms with van der Waals surface area (Å²) in [5.41, 5.74) is 1.83. The van der Waals surface area contributed by atoms with Crippen molar-refractivity contribution < 1.29 is 19.2 Å². The average molecular weight is 439 g/mol. The molecule has 1 aromatic carbocycles. The van der Waals surface area contributed by atoms with Gasteiger partial charge >= 0.3 is 5.97 Å². The second-order valence-electron chi connectivity index (χ2n) is 6.99. The molecule has 1 N–H and O–H groups in total. The summed E-state index contributed by atoms with van der Waals surface area (Å²) in [5, 5.41) is 18.9. The van der Waals surface area contributed by atoms with Gasteiger partial charge in [-0.25, -0.2) is 14.5 Å². The molecule has 1 aliphatic rings. The van der Waals surface area contributed by atoms with Crippen LogP contribution in [0.25, 0.3) is 5.82 Å². The zero-order valence-corrected chi connectivity index (χ0v) is 17.5. The molecule has 0 spiro atoms. The van der Waals surface area contributed by atoms with Crippen molar-refractivity contribution in [3.63, 3.8) is 0 Å². The van der Waals surface area contributed by atoms with E-state index in [1.807, 2.05) is 4.90 Å². The molecule has 0 saturated carbocycles. The molecule has 0 atom stereocenters. The normalized spacial score (nSPS) is 13.6. The molecule has 1 fully saturated rings. The van der Waals surface area contributed by atoms with Gasteiger partial charge < -0.3 is 19.7 Å². The first-order valence-corrected chi connectivity index (χ1v) is 9.82. The minimum atomic E-state index is -0.492. The number of nitro groups is 1. The van der Waals surface area contributed by atoms with Gasteiger partial charge in [0, 0.05) is 43.3 Å². The van der Waals surface area contributed by atoms with Crippen LogP contribution in [0.4, 0.5) is 23.0 Å². The van der Waals surface area contributed by atoms with Crippen LogP contribution in [0.5, 0.6) is 0 Å². The monoisotopic (exact) mass is 439 g/mol. The lowest BCUT2D eigenvalue weighted by atomic mass is 10.2. The standard InChI is InChI=1S/C20H21N7O5/c1-13-15(19(28)31-2)12-26(24-13)18-5-6-21-20(23-18)22-14-3-4-16(17(11-14)27(29)30)25-7-9-32-10-8-25/h3-6,11-12H,7-10H2,1-2H3,(H,21,22,23). The topological polar surface area (TPSA) is 138 Å². The zero-order chi connectivity index (χ0) is 22.7. The molecular weight excluding hydrogens is 418 g/mol. The molecule has 1 aliphatic heterocycles. The molecule has 0 unspecified atom stereocenters. The van der Waals surface area contributed by atoms with Gasteiger partial charge in [-0.3, -0.25) is 10.1 Å². The molecule has 32 heavy (non-hydrogen) atoms. The molecular formula is C20H21N7O5. The second kappa shape index (κ2) is 8.98. The number of nitrogens with zero attached hydrogens (tertiary/aromatic N) is 6. The third kappa shape index (κ3) is 4.34. The van der Waals surface area contributed by atoms with Crippen LogP contribution in [-0.2, 0) is 9.47 Å². The molecule has 0 bridgehead atoms. The number of carbonyl (C=O) groups is 1. The van der Waals surface area contributed by atoms with Crippen LogP contribution >= 0.6 is 0 Å². The Morgan fingerprint density at radius 1 is 1.28 bits per heavy atom. The number of rotatable bonds is 6. The van der Waals surface area contributed by atoms with E-state index in [0.717, 1.165) is 0 Å². The van der Waals surface area contributed by atoms with Crippen LogP contribution in [0.15, 0.2) is 36.7 Å². The smallest absolute Gasteiger partial charge is 0.341 e. The SMILES string of the molecule is COC(=O)c1cn(-c2ccnc(Nc3ccc(N4CCOCC4)c([N+](=O)[O-])c3)n2)nc1C. The maximum Gasteiger partial charge on any atom is 0.341 e. The number of hydrogen-bond donors (Lipinski definition) is 1. The highest BCUT2D eigenvalue weighted by molar-refractivity contribution is 5.90. The minimum Gasteiger partial charge on any atom is -0.465 e. The Morgan fingerprint density at radius 3 is 2.78 bits per heavy atom. The maximum absolute atomic E-state index is 11.8. The summed E-state index contributed by atoms with van der Waals surface area (Å²) in [4.78, 5) is 33.6. The first-order valence-electron chi connectivity index (χ1n) is 9.82. The molecule has 12 nitrogen and oxygen atoms in total. The molecule has 12 heteroatoms. The number of nitro benzene ring substituents is 1. The van der Waals surface area contributed by atoms with Crippen molar-refractivity contribution in [3.8, 4) is 5.82 Å². The van der Waals surface area contributed by atoms with Gasteiger partial charge in [0.05, 0.1) is 30.9 Å². The Kier molecular flexibility index (Phi) is 5.94. The fourth-order valence-corrected chi connectivity index (χ4v) is 3.37. The van der Waals surface area contributed by atoms with Gasteiger partial charge in [0.25, 0.3) is 5.69 Å². The number of nitrogens with one attached hydrogen (secondary N) is 1. The average Bonchev–Trinajstić information content (AvgIpc) is 3.21. The molecule has 166 valence electrons. The molecule has 0 aliphatic carbocycles. The van der Waals surface area contributed by atoms with Crippen LogP contribution in [0, 0.1) is 17.0 Å². The number of hydrogen-bond acceptors (Lipinski definition) is 10. The Morgan fingerprint density at radius 2 is 2.06 bits per heavy atom. The minimum absolute atomic E-state index is 0.0153. The lowest BCUT2D eigenvalue weighted by Crippen LogP contribution is -2.36. The molecule has 4 rings (SSSR count). The molecule has 3 heterocycles. The van der Waals surface area contributed by atoms with Gasteiger partial charge in [0.1, 0.15) is 11.3 Å². The number of morpholine rings is 1. The van der Waals surface area contributed by atoms with Crippen LogP contribution in [0.1, 0.15) is 16.1 Å². The molecule has 0 radical (unpaired) electrons. The van der Waals surface area contributed by atoms with Gasteiger partial charge in [-0.2, -0.15) is 10.1 Å². The van der Waals surface area contributed by atoms with Gasteiger partial charge in [-0.1, -0.05) is 0 Å². The number of benzene rings is 1. The lowest BCUT2D eigenvalue weighted by molar-refractivity contribution is -0.384. The third-order valence-corrected chi connectivity index (χ3v) is 4.96. The highest BCUT2D eigenvalue weighted by Gasteiger charge is 2.22. The first kappa shape index (κ1) is 21.2. The molecule has 1 saturated heterocycles. The first-order chi connectivity index (χ1) is 15.5. The number of ether oxygens (including phenoxy) is 2. The number of anilines is 3. The summed E-state index contributed by atoms with van der Waals surface area (Å²) < 4.78 is 11.5. The predicted molar refractivity (Wildman–Crippen MR) is 115 cm³/mol. The van der Waals surface area contributed by atoms with Crippen molar-refractivity contribution in [3.05, 3.63) is 58.0 Å². The highest BCUT2D eigenvalue weighted by Crippen LogP contribution is 2.32. The van der Waals surface area contributed by atoms with Crippen LogP contribution < -0.4 is 10.2 Å². The van der Waals surface area contributed by atoms with E-state index < -0.39 is 10.9 Å². The number of methoxy groups -OCH3 is 1. The van der Waals surface area contributed by atoms with Crippen LogP contribution in [0.2, 0.25) is 0 Å². The number of carbonyl (C=O) groups excluding carboxylic acids is 1. The summed E-state index contributed by atoms with van der Waals surface area (Å²) >= 11 is 0. The van der Waals surface area contributed by atoms with Crippen molar-refractivity contribution in [2.45, 2.75) is 6.92 Å². The number of aromatic nitrogens is 4. The third-order valence-electron chi connectivity index (χ3n) is 4.96. The molecule has 0 amide bonds. The van der Waals surface area contributed by atoms with Gasteiger partial charge in [-0.15, -0.1) is 0 Å². The van der Waals surface area contributed by atoms with Crippen molar-refractivity contribution in [1.29, 1.82) is 0 Å².